The van der Waals surface area contributed by atoms with Crippen LogP contribution in [0.1, 0.15) is 37.2 Å². The van der Waals surface area contributed by atoms with E-state index in [1.807, 2.05) is 28.9 Å². The predicted octanol–water partition coefficient (Wildman–Crippen LogP) is 2.03. The topological polar surface area (TPSA) is 74.3 Å². The van der Waals surface area contributed by atoms with Crippen LogP contribution >= 0.6 is 0 Å². The Balaban J connectivity index is 2.52. The van der Waals surface area contributed by atoms with Gasteiger partial charge in [0.2, 0.25) is 0 Å². The molecular formula is C15H22N4O2. The van der Waals surface area contributed by atoms with Crippen molar-refractivity contribution in [1.82, 2.24) is 15.2 Å². The summed E-state index contributed by atoms with van der Waals surface area (Å²) in [5, 5.41) is 4.39. The summed E-state index contributed by atoms with van der Waals surface area (Å²) in [6.45, 7) is 4.13. The maximum Gasteiger partial charge on any atom is 0.161 e. The van der Waals surface area contributed by atoms with Crippen LogP contribution in [-0.2, 0) is 0 Å². The number of benzene rings is 1. The first kappa shape index (κ1) is 15.3. The first-order valence-electron chi connectivity index (χ1n) is 6.83. The molecule has 0 radical (unpaired) electrons. The minimum absolute atomic E-state index is 0.199. The molecule has 2 rings (SSSR count). The van der Waals surface area contributed by atoms with Crippen molar-refractivity contribution >= 4 is 0 Å². The molecule has 0 bridgehead atoms. The van der Waals surface area contributed by atoms with Gasteiger partial charge >= 0.3 is 0 Å². The van der Waals surface area contributed by atoms with Crippen LogP contribution in [0.3, 0.4) is 0 Å². The van der Waals surface area contributed by atoms with Crippen LogP contribution in [0.25, 0.3) is 0 Å². The number of rotatable bonds is 6. The van der Waals surface area contributed by atoms with E-state index in [2.05, 4.69) is 24.4 Å². The number of nitrogens with one attached hydrogen (secondary N) is 1. The standard InChI is InChI=1S/C15H22N4O2/c1-10(2)19-15(13(21-4)9-17-19)14(18-16)11-6-5-7-12(8-11)20-3/h5-10,14,18H,16H2,1-4H3. The number of nitrogens with two attached hydrogens (primary N) is 1. The van der Waals surface area contributed by atoms with E-state index in [4.69, 9.17) is 15.3 Å². The van der Waals surface area contributed by atoms with Crippen LogP contribution in [0.15, 0.2) is 30.5 Å². The van der Waals surface area contributed by atoms with Crippen LogP contribution in [0, 0.1) is 0 Å². The van der Waals surface area contributed by atoms with Crippen LogP contribution in [0.2, 0.25) is 0 Å². The highest BCUT2D eigenvalue weighted by Gasteiger charge is 2.24. The van der Waals surface area contributed by atoms with Gasteiger partial charge in [0.05, 0.1) is 26.5 Å². The molecular weight excluding hydrogens is 268 g/mol. The van der Waals surface area contributed by atoms with Gasteiger partial charge in [-0.05, 0) is 31.5 Å². The minimum Gasteiger partial charge on any atom is -0.497 e. The Bertz CT molecular complexity index is 595. The third kappa shape index (κ3) is 3.01. The van der Waals surface area contributed by atoms with Crippen molar-refractivity contribution < 1.29 is 9.47 Å². The molecule has 0 fully saturated rings. The summed E-state index contributed by atoms with van der Waals surface area (Å²) in [6.07, 6.45) is 1.71. The van der Waals surface area contributed by atoms with Crippen molar-refractivity contribution in [3.8, 4) is 11.5 Å². The molecule has 0 aliphatic carbocycles. The summed E-state index contributed by atoms with van der Waals surface area (Å²) in [6, 6.07) is 7.73. The molecule has 1 aromatic carbocycles. The number of aromatic nitrogens is 2. The van der Waals surface area contributed by atoms with E-state index in [-0.39, 0.29) is 12.1 Å². The van der Waals surface area contributed by atoms with Crippen LogP contribution in [0.4, 0.5) is 0 Å². The normalized spacial score (nSPS) is 12.5. The molecule has 1 aromatic heterocycles. The molecule has 114 valence electrons. The summed E-state index contributed by atoms with van der Waals surface area (Å²) in [5.74, 6) is 7.28. The van der Waals surface area contributed by atoms with Gasteiger partial charge in [-0.1, -0.05) is 12.1 Å². The molecule has 0 saturated heterocycles. The molecule has 6 heteroatoms. The lowest BCUT2D eigenvalue weighted by Gasteiger charge is -2.21. The molecule has 1 heterocycles. The smallest absolute Gasteiger partial charge is 0.161 e. The Hall–Kier alpha value is -2.05. The zero-order valence-electron chi connectivity index (χ0n) is 12.8. The Morgan fingerprint density at radius 2 is 2.00 bits per heavy atom. The van der Waals surface area contributed by atoms with Gasteiger partial charge in [-0.15, -0.1) is 0 Å². The van der Waals surface area contributed by atoms with Gasteiger partial charge in [0, 0.05) is 6.04 Å². The molecule has 0 saturated carbocycles. The Morgan fingerprint density at radius 1 is 1.24 bits per heavy atom. The number of hydrazine groups is 1. The fourth-order valence-electron chi connectivity index (χ4n) is 2.35. The van der Waals surface area contributed by atoms with Gasteiger partial charge in [-0.2, -0.15) is 5.10 Å². The maximum atomic E-state index is 5.79. The second kappa shape index (κ2) is 6.60. The monoisotopic (exact) mass is 290 g/mol. The fourth-order valence-corrected chi connectivity index (χ4v) is 2.35. The maximum absolute atomic E-state index is 5.79. The number of hydrogen-bond donors (Lipinski definition) is 2. The summed E-state index contributed by atoms with van der Waals surface area (Å²) in [5.41, 5.74) is 4.72. The Labute approximate surface area is 124 Å². The van der Waals surface area contributed by atoms with Gasteiger partial charge in [0.15, 0.2) is 5.75 Å². The second-order valence-electron chi connectivity index (χ2n) is 5.01. The number of hydrogen-bond acceptors (Lipinski definition) is 5. The Kier molecular flexibility index (Phi) is 4.82. The van der Waals surface area contributed by atoms with Gasteiger partial charge in [0.25, 0.3) is 0 Å². The van der Waals surface area contributed by atoms with Gasteiger partial charge in [-0.25, -0.2) is 5.43 Å². The molecule has 0 spiro atoms. The SMILES string of the molecule is COc1cccc(C(NN)c2c(OC)cnn2C(C)C)c1. The highest BCUT2D eigenvalue weighted by molar-refractivity contribution is 5.39. The van der Waals surface area contributed by atoms with E-state index >= 15 is 0 Å². The number of methoxy groups -OCH3 is 2. The van der Waals surface area contributed by atoms with Crippen LogP contribution < -0.4 is 20.7 Å². The lowest BCUT2D eigenvalue weighted by atomic mass is 10.0. The van der Waals surface area contributed by atoms with Crippen molar-refractivity contribution in [2.24, 2.45) is 5.84 Å². The number of nitrogens with zero attached hydrogens (tertiary/aromatic N) is 2. The fraction of sp³-hybridized carbons (Fsp3) is 0.400. The Morgan fingerprint density at radius 3 is 2.57 bits per heavy atom. The van der Waals surface area contributed by atoms with Crippen LogP contribution in [-0.4, -0.2) is 24.0 Å². The van der Waals surface area contributed by atoms with Crippen LogP contribution in [0.5, 0.6) is 11.5 Å². The molecule has 1 unspecified atom stereocenters. The van der Waals surface area contributed by atoms with Crippen molar-refractivity contribution in [2.75, 3.05) is 14.2 Å². The summed E-state index contributed by atoms with van der Waals surface area (Å²) in [7, 11) is 3.27. The largest absolute Gasteiger partial charge is 0.497 e. The highest BCUT2D eigenvalue weighted by Crippen LogP contribution is 2.32. The third-order valence-electron chi connectivity index (χ3n) is 3.37. The highest BCUT2D eigenvalue weighted by atomic mass is 16.5. The zero-order chi connectivity index (χ0) is 15.4. The lowest BCUT2D eigenvalue weighted by molar-refractivity contribution is 0.393. The van der Waals surface area contributed by atoms with Gasteiger partial charge in [0.1, 0.15) is 11.4 Å². The van der Waals surface area contributed by atoms with E-state index in [9.17, 15) is 0 Å². The first-order chi connectivity index (χ1) is 10.1. The lowest BCUT2D eigenvalue weighted by Crippen LogP contribution is -2.31. The average Bonchev–Trinajstić information content (AvgIpc) is 2.92. The quantitative estimate of drug-likeness (QED) is 0.629. The molecule has 3 N–H and O–H groups in total. The molecule has 6 nitrogen and oxygen atoms in total. The first-order valence-corrected chi connectivity index (χ1v) is 6.83. The van der Waals surface area contributed by atoms with Gasteiger partial charge < -0.3 is 9.47 Å². The minimum atomic E-state index is -0.236. The molecule has 0 aliphatic rings. The summed E-state index contributed by atoms with van der Waals surface area (Å²) >= 11 is 0. The van der Waals surface area contributed by atoms with Crippen molar-refractivity contribution in [3.63, 3.8) is 0 Å². The molecule has 0 aliphatic heterocycles. The molecule has 0 amide bonds. The van der Waals surface area contributed by atoms with E-state index in [1.165, 1.54) is 0 Å². The summed E-state index contributed by atoms with van der Waals surface area (Å²) in [4.78, 5) is 0. The molecule has 1 atom stereocenters. The second-order valence-corrected chi connectivity index (χ2v) is 5.01. The summed E-state index contributed by atoms with van der Waals surface area (Å²) < 4.78 is 12.6. The van der Waals surface area contributed by atoms with E-state index in [1.54, 1.807) is 20.4 Å². The van der Waals surface area contributed by atoms with Crippen molar-refractivity contribution in [3.05, 3.63) is 41.7 Å². The molecule has 21 heavy (non-hydrogen) atoms. The van der Waals surface area contributed by atoms with E-state index in [0.717, 1.165) is 17.0 Å². The van der Waals surface area contributed by atoms with E-state index < -0.39 is 0 Å². The van der Waals surface area contributed by atoms with Gasteiger partial charge in [-0.3, -0.25) is 10.5 Å². The average molecular weight is 290 g/mol. The zero-order valence-corrected chi connectivity index (χ0v) is 12.8. The van der Waals surface area contributed by atoms with E-state index in [0.29, 0.717) is 5.75 Å². The van der Waals surface area contributed by atoms with Crippen molar-refractivity contribution in [1.29, 1.82) is 0 Å². The molecule has 2 aromatic rings. The predicted molar refractivity (Wildman–Crippen MR) is 81.3 cm³/mol. The number of ether oxygens (including phenoxy) is 2. The third-order valence-corrected chi connectivity index (χ3v) is 3.37. The van der Waals surface area contributed by atoms with Crippen molar-refractivity contribution in [2.45, 2.75) is 25.9 Å².